The monoisotopic (exact) mass is 237 g/mol. The Bertz CT molecular complexity index is 394. The largest absolute Gasteiger partial charge is 0.461 e. The van der Waals surface area contributed by atoms with Gasteiger partial charge in [0.05, 0.1) is 24.7 Å². The van der Waals surface area contributed by atoms with Crippen LogP contribution in [0.25, 0.3) is 0 Å². The molecule has 0 spiro atoms. The van der Waals surface area contributed by atoms with Crippen LogP contribution in [0.1, 0.15) is 43.1 Å². The van der Waals surface area contributed by atoms with Gasteiger partial charge in [-0.15, -0.1) is 0 Å². The molecule has 17 heavy (non-hydrogen) atoms. The van der Waals surface area contributed by atoms with E-state index in [1.54, 1.807) is 19.4 Å². The topological polar surface area (TPSA) is 70.1 Å². The van der Waals surface area contributed by atoms with Gasteiger partial charge in [-0.25, -0.2) is 9.78 Å². The van der Waals surface area contributed by atoms with Gasteiger partial charge in [-0.3, -0.25) is 0 Å². The Hall–Kier alpha value is -1.36. The summed E-state index contributed by atoms with van der Waals surface area (Å²) in [5.74, 6) is -0.315. The number of carbonyl (C=O) groups is 1. The van der Waals surface area contributed by atoms with Crippen molar-refractivity contribution in [3.63, 3.8) is 0 Å². The summed E-state index contributed by atoms with van der Waals surface area (Å²) < 4.78 is 6.95. The minimum absolute atomic E-state index is 0.140. The van der Waals surface area contributed by atoms with E-state index in [-0.39, 0.29) is 11.5 Å². The number of ether oxygens (including phenoxy) is 1. The number of nitrogens with two attached hydrogens (primary N) is 1. The summed E-state index contributed by atoms with van der Waals surface area (Å²) in [6.07, 6.45) is 7.58. The van der Waals surface area contributed by atoms with Crippen molar-refractivity contribution in [1.29, 1.82) is 0 Å². The lowest BCUT2D eigenvalue weighted by Crippen LogP contribution is -2.39. The molecular weight excluding hydrogens is 218 g/mol. The zero-order valence-electron chi connectivity index (χ0n) is 10.2. The highest BCUT2D eigenvalue weighted by atomic mass is 16.5. The Balaban J connectivity index is 2.32. The molecule has 1 aromatic heterocycles. The molecule has 0 aliphatic heterocycles. The molecule has 0 radical (unpaired) electrons. The highest BCUT2D eigenvalue weighted by Gasteiger charge is 2.36. The highest BCUT2D eigenvalue weighted by Crippen LogP contribution is 2.36. The summed E-state index contributed by atoms with van der Waals surface area (Å²) in [6.45, 7) is 2.71. The van der Waals surface area contributed by atoms with Gasteiger partial charge >= 0.3 is 5.97 Å². The standard InChI is InChI=1S/C12H19N3O2/c1-2-17-11(16)10-7-14-9-15(10)12(8-13)5-3-4-6-12/h7,9H,2-6,8,13H2,1H3. The molecule has 1 aliphatic carbocycles. The first-order valence-corrected chi connectivity index (χ1v) is 6.13. The van der Waals surface area contributed by atoms with E-state index < -0.39 is 0 Å². The van der Waals surface area contributed by atoms with Crippen LogP contribution in [0.15, 0.2) is 12.5 Å². The fourth-order valence-corrected chi connectivity index (χ4v) is 2.61. The summed E-state index contributed by atoms with van der Waals surface area (Å²) in [5.41, 5.74) is 6.28. The van der Waals surface area contributed by atoms with Gasteiger partial charge in [0.1, 0.15) is 5.69 Å². The second-order valence-electron chi connectivity index (χ2n) is 4.50. The van der Waals surface area contributed by atoms with E-state index in [9.17, 15) is 4.79 Å². The lowest BCUT2D eigenvalue weighted by Gasteiger charge is -2.30. The summed E-state index contributed by atoms with van der Waals surface area (Å²) in [6, 6.07) is 0. The number of aromatic nitrogens is 2. The SMILES string of the molecule is CCOC(=O)c1cncn1C1(CN)CCCC1. The van der Waals surface area contributed by atoms with E-state index in [0.29, 0.717) is 18.8 Å². The fraction of sp³-hybridized carbons (Fsp3) is 0.667. The Morgan fingerprint density at radius 3 is 2.88 bits per heavy atom. The highest BCUT2D eigenvalue weighted by molar-refractivity contribution is 5.87. The first-order chi connectivity index (χ1) is 8.23. The molecule has 1 saturated carbocycles. The van der Waals surface area contributed by atoms with Gasteiger partial charge in [0.2, 0.25) is 0 Å². The number of esters is 1. The molecule has 0 aromatic carbocycles. The molecular formula is C12H19N3O2. The average molecular weight is 237 g/mol. The Labute approximate surface area is 101 Å². The molecule has 0 unspecified atom stereocenters. The van der Waals surface area contributed by atoms with Crippen LogP contribution in [0.4, 0.5) is 0 Å². The van der Waals surface area contributed by atoms with Crippen molar-refractivity contribution in [2.75, 3.05) is 13.2 Å². The summed E-state index contributed by atoms with van der Waals surface area (Å²) >= 11 is 0. The van der Waals surface area contributed by atoms with Gasteiger partial charge in [0.25, 0.3) is 0 Å². The average Bonchev–Trinajstić information content (AvgIpc) is 2.99. The van der Waals surface area contributed by atoms with Crippen molar-refractivity contribution < 1.29 is 9.53 Å². The predicted octanol–water partition coefficient (Wildman–Crippen LogP) is 1.29. The van der Waals surface area contributed by atoms with Crippen LogP contribution in [0.2, 0.25) is 0 Å². The van der Waals surface area contributed by atoms with Crippen LogP contribution in [0.5, 0.6) is 0 Å². The van der Waals surface area contributed by atoms with Crippen molar-refractivity contribution in [2.45, 2.75) is 38.1 Å². The lowest BCUT2D eigenvalue weighted by atomic mass is 9.97. The van der Waals surface area contributed by atoms with Crippen molar-refractivity contribution in [2.24, 2.45) is 5.73 Å². The van der Waals surface area contributed by atoms with E-state index in [1.165, 1.54) is 0 Å². The predicted molar refractivity (Wildman–Crippen MR) is 63.7 cm³/mol. The molecule has 1 aliphatic rings. The molecule has 2 rings (SSSR count). The number of carbonyl (C=O) groups excluding carboxylic acids is 1. The maximum atomic E-state index is 11.8. The molecule has 0 amide bonds. The fourth-order valence-electron chi connectivity index (χ4n) is 2.61. The van der Waals surface area contributed by atoms with Crippen LogP contribution in [0, 0.1) is 0 Å². The van der Waals surface area contributed by atoms with Gasteiger partial charge in [0, 0.05) is 6.54 Å². The van der Waals surface area contributed by atoms with Gasteiger partial charge in [-0.2, -0.15) is 0 Å². The molecule has 0 saturated heterocycles. The number of hydrogen-bond acceptors (Lipinski definition) is 4. The molecule has 0 atom stereocenters. The third-order valence-corrected chi connectivity index (χ3v) is 3.55. The normalized spacial score (nSPS) is 18.2. The molecule has 0 bridgehead atoms. The lowest BCUT2D eigenvalue weighted by molar-refractivity contribution is 0.0504. The molecule has 5 heteroatoms. The van der Waals surface area contributed by atoms with Crippen LogP contribution in [-0.4, -0.2) is 28.7 Å². The van der Waals surface area contributed by atoms with E-state index >= 15 is 0 Å². The van der Waals surface area contributed by atoms with Crippen molar-refractivity contribution in [3.05, 3.63) is 18.2 Å². The number of rotatable bonds is 4. The van der Waals surface area contributed by atoms with E-state index in [4.69, 9.17) is 10.5 Å². The van der Waals surface area contributed by atoms with Gasteiger partial charge < -0.3 is 15.0 Å². The Morgan fingerprint density at radius 2 is 2.29 bits per heavy atom. The zero-order valence-corrected chi connectivity index (χ0v) is 10.2. The molecule has 94 valence electrons. The molecule has 1 fully saturated rings. The summed E-state index contributed by atoms with van der Waals surface area (Å²) in [4.78, 5) is 15.9. The van der Waals surface area contributed by atoms with Gasteiger partial charge in [0.15, 0.2) is 0 Å². The van der Waals surface area contributed by atoms with E-state index in [1.807, 2.05) is 4.57 Å². The van der Waals surface area contributed by atoms with Crippen LogP contribution < -0.4 is 5.73 Å². The van der Waals surface area contributed by atoms with Gasteiger partial charge in [-0.05, 0) is 19.8 Å². The molecule has 5 nitrogen and oxygen atoms in total. The molecule has 1 aromatic rings. The number of hydrogen-bond donors (Lipinski definition) is 1. The molecule has 2 N–H and O–H groups in total. The first-order valence-electron chi connectivity index (χ1n) is 6.13. The maximum Gasteiger partial charge on any atom is 0.356 e. The maximum absolute atomic E-state index is 11.8. The van der Waals surface area contributed by atoms with Crippen LogP contribution >= 0.6 is 0 Å². The van der Waals surface area contributed by atoms with Crippen LogP contribution in [0.3, 0.4) is 0 Å². The van der Waals surface area contributed by atoms with Crippen molar-refractivity contribution in [1.82, 2.24) is 9.55 Å². The summed E-state index contributed by atoms with van der Waals surface area (Å²) in [7, 11) is 0. The van der Waals surface area contributed by atoms with Crippen molar-refractivity contribution >= 4 is 5.97 Å². The van der Waals surface area contributed by atoms with Crippen molar-refractivity contribution in [3.8, 4) is 0 Å². The minimum Gasteiger partial charge on any atom is -0.461 e. The third-order valence-electron chi connectivity index (χ3n) is 3.55. The second kappa shape index (κ2) is 4.87. The Morgan fingerprint density at radius 1 is 1.59 bits per heavy atom. The van der Waals surface area contributed by atoms with Crippen LogP contribution in [-0.2, 0) is 10.3 Å². The van der Waals surface area contributed by atoms with E-state index in [2.05, 4.69) is 4.98 Å². The zero-order chi connectivity index (χ0) is 12.3. The second-order valence-corrected chi connectivity index (χ2v) is 4.50. The summed E-state index contributed by atoms with van der Waals surface area (Å²) in [5, 5.41) is 0. The first kappa shape index (κ1) is 12.1. The van der Waals surface area contributed by atoms with E-state index in [0.717, 1.165) is 25.7 Å². The molecule has 1 heterocycles. The minimum atomic E-state index is -0.315. The Kier molecular flexibility index (Phi) is 3.47. The van der Waals surface area contributed by atoms with Gasteiger partial charge in [-0.1, -0.05) is 12.8 Å². The quantitative estimate of drug-likeness (QED) is 0.801. The number of nitrogens with zero attached hydrogens (tertiary/aromatic N) is 2. The smallest absolute Gasteiger partial charge is 0.356 e. The number of imidazole rings is 1. The third kappa shape index (κ3) is 2.07.